The summed E-state index contributed by atoms with van der Waals surface area (Å²) in [6.07, 6.45) is 0.404. The van der Waals surface area contributed by atoms with Crippen LogP contribution in [-0.2, 0) is 4.79 Å². The smallest absolute Gasteiger partial charge is 0.228 e. The number of rotatable bonds is 6. The van der Waals surface area contributed by atoms with E-state index >= 15 is 0 Å². The number of nitrogens with zero attached hydrogens (tertiary/aromatic N) is 6. The van der Waals surface area contributed by atoms with Gasteiger partial charge in [-0.2, -0.15) is 10.5 Å². The van der Waals surface area contributed by atoms with E-state index in [1.54, 1.807) is 0 Å². The Balaban J connectivity index is 4.21. The van der Waals surface area contributed by atoms with Gasteiger partial charge in [0.1, 0.15) is 6.54 Å². The van der Waals surface area contributed by atoms with Crippen molar-refractivity contribution in [3.63, 3.8) is 0 Å². The van der Waals surface area contributed by atoms with Gasteiger partial charge >= 0.3 is 0 Å². The molecule has 0 bridgehead atoms. The molecule has 0 radical (unpaired) electrons. The van der Waals surface area contributed by atoms with Crippen molar-refractivity contribution in [1.82, 2.24) is 4.90 Å². The summed E-state index contributed by atoms with van der Waals surface area (Å²) in [7, 11) is 0. The van der Waals surface area contributed by atoms with Crippen molar-refractivity contribution in [1.29, 1.82) is 10.5 Å². The summed E-state index contributed by atoms with van der Waals surface area (Å²) < 4.78 is 0. The zero-order chi connectivity index (χ0) is 11.5. The molecule has 0 aromatic rings. The molecule has 0 aliphatic carbocycles. The molecule has 0 saturated carbocycles. The van der Waals surface area contributed by atoms with E-state index in [2.05, 4.69) is 10.0 Å². The Morgan fingerprint density at radius 1 is 1.33 bits per heavy atom. The van der Waals surface area contributed by atoms with Crippen molar-refractivity contribution in [3.05, 3.63) is 10.4 Å². The van der Waals surface area contributed by atoms with Crippen LogP contribution in [0.25, 0.3) is 10.4 Å². The monoisotopic (exact) mass is 206 g/mol. The molecule has 0 unspecified atom stereocenters. The molecule has 0 fully saturated rings. The zero-order valence-electron chi connectivity index (χ0n) is 8.13. The second kappa shape index (κ2) is 8.36. The van der Waals surface area contributed by atoms with Crippen LogP contribution in [0.4, 0.5) is 0 Å². The molecule has 0 atom stereocenters. The summed E-state index contributed by atoms with van der Waals surface area (Å²) in [6, 6.07) is 3.81. The van der Waals surface area contributed by atoms with Crippen LogP contribution >= 0.6 is 0 Å². The summed E-state index contributed by atoms with van der Waals surface area (Å²) in [5.41, 5.74) is 8.03. The minimum Gasteiger partial charge on any atom is -0.341 e. The lowest BCUT2D eigenvalue weighted by molar-refractivity contribution is -0.129. The van der Waals surface area contributed by atoms with Crippen LogP contribution in [0.5, 0.6) is 0 Å². The third kappa shape index (κ3) is 5.92. The fourth-order valence-corrected chi connectivity index (χ4v) is 0.923. The number of nitriles is 2. The van der Waals surface area contributed by atoms with E-state index in [-0.39, 0.29) is 38.4 Å². The fraction of sp³-hybridized carbons (Fsp3) is 0.625. The molecular formula is C8H10N6O. The molecule has 7 nitrogen and oxygen atoms in total. The maximum atomic E-state index is 11.4. The van der Waals surface area contributed by atoms with Gasteiger partial charge < -0.3 is 4.90 Å². The number of amides is 1. The lowest BCUT2D eigenvalue weighted by atomic mass is 10.3. The van der Waals surface area contributed by atoms with E-state index in [1.165, 1.54) is 4.90 Å². The SMILES string of the molecule is N#CCCN(CCC#N)C(=O)CN=[N+]=[N-]. The Morgan fingerprint density at radius 2 is 1.87 bits per heavy atom. The number of hydrogen-bond donors (Lipinski definition) is 0. The first-order valence-electron chi connectivity index (χ1n) is 4.28. The lowest BCUT2D eigenvalue weighted by Crippen LogP contribution is -2.34. The minimum atomic E-state index is -0.363. The van der Waals surface area contributed by atoms with Gasteiger partial charge in [-0.25, -0.2) is 0 Å². The molecule has 0 aliphatic heterocycles. The van der Waals surface area contributed by atoms with E-state index < -0.39 is 0 Å². The second-order valence-corrected chi connectivity index (χ2v) is 2.59. The van der Waals surface area contributed by atoms with Crippen molar-refractivity contribution in [2.75, 3.05) is 19.6 Å². The topological polar surface area (TPSA) is 117 Å². The van der Waals surface area contributed by atoms with E-state index in [4.69, 9.17) is 16.1 Å². The fourth-order valence-electron chi connectivity index (χ4n) is 0.923. The van der Waals surface area contributed by atoms with Crippen molar-refractivity contribution >= 4 is 5.91 Å². The maximum Gasteiger partial charge on any atom is 0.228 e. The predicted octanol–water partition coefficient (Wildman–Crippen LogP) is 0.953. The predicted molar refractivity (Wildman–Crippen MR) is 51.1 cm³/mol. The van der Waals surface area contributed by atoms with Gasteiger partial charge in [0.25, 0.3) is 0 Å². The summed E-state index contributed by atoms with van der Waals surface area (Å²) in [5.74, 6) is -0.363. The molecule has 0 aromatic heterocycles. The first-order valence-corrected chi connectivity index (χ1v) is 4.28. The normalized spacial score (nSPS) is 8.13. The van der Waals surface area contributed by atoms with Crippen molar-refractivity contribution in [2.24, 2.45) is 5.11 Å². The van der Waals surface area contributed by atoms with Crippen LogP contribution in [0.2, 0.25) is 0 Å². The molecular weight excluding hydrogens is 196 g/mol. The molecule has 0 heterocycles. The summed E-state index contributed by atoms with van der Waals surface area (Å²) >= 11 is 0. The highest BCUT2D eigenvalue weighted by Crippen LogP contribution is 1.95. The Hall–Kier alpha value is -2.24. The summed E-state index contributed by atoms with van der Waals surface area (Å²) in [5, 5.41) is 19.9. The van der Waals surface area contributed by atoms with Gasteiger partial charge in [-0.3, -0.25) is 4.79 Å². The zero-order valence-corrected chi connectivity index (χ0v) is 8.13. The average Bonchev–Trinajstić information content (AvgIpc) is 2.26. The number of carbonyl (C=O) groups is 1. The number of hydrogen-bond acceptors (Lipinski definition) is 4. The molecule has 0 saturated heterocycles. The molecule has 0 spiro atoms. The first-order chi connectivity index (χ1) is 7.26. The van der Waals surface area contributed by atoms with Gasteiger partial charge in [0.05, 0.1) is 25.0 Å². The highest BCUT2D eigenvalue weighted by molar-refractivity contribution is 5.78. The largest absolute Gasteiger partial charge is 0.341 e. The Labute approximate surface area is 87.1 Å². The van der Waals surface area contributed by atoms with Crippen molar-refractivity contribution in [2.45, 2.75) is 12.8 Å². The highest BCUT2D eigenvalue weighted by Gasteiger charge is 2.11. The van der Waals surface area contributed by atoms with Crippen molar-refractivity contribution in [3.8, 4) is 12.1 Å². The van der Waals surface area contributed by atoms with Gasteiger partial charge in [-0.05, 0) is 5.53 Å². The second-order valence-electron chi connectivity index (χ2n) is 2.59. The molecule has 0 N–H and O–H groups in total. The lowest BCUT2D eigenvalue weighted by Gasteiger charge is -2.18. The number of azide groups is 1. The summed E-state index contributed by atoms with van der Waals surface area (Å²) in [6.45, 7) is 0.253. The van der Waals surface area contributed by atoms with E-state index in [9.17, 15) is 4.79 Å². The molecule has 78 valence electrons. The van der Waals surface area contributed by atoms with E-state index in [0.717, 1.165) is 0 Å². The molecule has 0 aromatic carbocycles. The van der Waals surface area contributed by atoms with Crippen LogP contribution in [0.15, 0.2) is 5.11 Å². The average molecular weight is 206 g/mol. The van der Waals surface area contributed by atoms with Crippen LogP contribution in [-0.4, -0.2) is 30.4 Å². The Morgan fingerprint density at radius 3 is 2.27 bits per heavy atom. The minimum absolute atomic E-state index is 0.202. The van der Waals surface area contributed by atoms with E-state index in [0.29, 0.717) is 0 Å². The van der Waals surface area contributed by atoms with E-state index in [1.807, 2.05) is 12.1 Å². The van der Waals surface area contributed by atoms with Gasteiger partial charge in [0.2, 0.25) is 5.91 Å². The van der Waals surface area contributed by atoms with Crippen molar-refractivity contribution < 1.29 is 4.79 Å². The molecule has 15 heavy (non-hydrogen) atoms. The third-order valence-corrected chi connectivity index (χ3v) is 1.61. The van der Waals surface area contributed by atoms with Crippen LogP contribution < -0.4 is 0 Å². The highest BCUT2D eigenvalue weighted by atomic mass is 16.2. The maximum absolute atomic E-state index is 11.4. The molecule has 7 heteroatoms. The van der Waals surface area contributed by atoms with Gasteiger partial charge in [-0.15, -0.1) is 0 Å². The quantitative estimate of drug-likeness (QED) is 0.365. The first kappa shape index (κ1) is 12.8. The molecule has 1 amide bonds. The van der Waals surface area contributed by atoms with Gasteiger partial charge in [-0.1, -0.05) is 5.11 Å². The van der Waals surface area contributed by atoms with Gasteiger partial charge in [0, 0.05) is 18.0 Å². The third-order valence-electron chi connectivity index (χ3n) is 1.61. The number of carbonyl (C=O) groups excluding carboxylic acids is 1. The Kier molecular flexibility index (Phi) is 7.11. The summed E-state index contributed by atoms with van der Waals surface area (Å²) in [4.78, 5) is 15.2. The van der Waals surface area contributed by atoms with Crippen LogP contribution in [0.3, 0.4) is 0 Å². The molecule has 0 rings (SSSR count). The van der Waals surface area contributed by atoms with Crippen LogP contribution in [0.1, 0.15) is 12.8 Å². The van der Waals surface area contributed by atoms with Crippen LogP contribution in [0, 0.1) is 22.7 Å². The van der Waals surface area contributed by atoms with Gasteiger partial charge in [0.15, 0.2) is 0 Å². The molecule has 0 aliphatic rings. The standard InChI is InChI=1S/C8H10N6O/c9-3-1-5-14(6-2-4-10)8(15)7-12-13-11/h1-2,5-7H2. The Bertz CT molecular complexity index is 314.